The molecule has 0 aliphatic rings. The highest BCUT2D eigenvalue weighted by atomic mass is 14.8. The summed E-state index contributed by atoms with van der Waals surface area (Å²) in [6.07, 6.45) is 7.48. The van der Waals surface area contributed by atoms with E-state index in [-0.39, 0.29) is 6.04 Å². The summed E-state index contributed by atoms with van der Waals surface area (Å²) in [5, 5.41) is 1.23. The van der Waals surface area contributed by atoms with Crippen LogP contribution in [0.1, 0.15) is 62.7 Å². The normalized spacial score (nSPS) is 12.8. The van der Waals surface area contributed by atoms with Crippen LogP contribution < -0.4 is 5.73 Å². The van der Waals surface area contributed by atoms with Crippen molar-refractivity contribution in [3.05, 3.63) is 41.6 Å². The zero-order valence-electron chi connectivity index (χ0n) is 12.7. The van der Waals surface area contributed by atoms with Gasteiger partial charge in [-0.25, -0.2) is 0 Å². The number of nitrogens with zero attached hydrogens (tertiary/aromatic N) is 1. The van der Waals surface area contributed by atoms with Crippen molar-refractivity contribution in [2.45, 2.75) is 58.4 Å². The Morgan fingerprint density at radius 2 is 1.85 bits per heavy atom. The lowest BCUT2D eigenvalue weighted by atomic mass is 10.0. The maximum absolute atomic E-state index is 6.31. The van der Waals surface area contributed by atoms with Crippen molar-refractivity contribution < 1.29 is 0 Å². The van der Waals surface area contributed by atoms with Gasteiger partial charge in [0.1, 0.15) is 0 Å². The number of nitrogens with two attached hydrogens (primary N) is 1. The van der Waals surface area contributed by atoms with Gasteiger partial charge in [0.05, 0.1) is 11.2 Å². The number of hydrogen-bond acceptors (Lipinski definition) is 2. The lowest BCUT2D eigenvalue weighted by Gasteiger charge is -2.13. The molecular formula is C18H26N2. The van der Waals surface area contributed by atoms with Gasteiger partial charge < -0.3 is 5.73 Å². The third-order valence-corrected chi connectivity index (χ3v) is 3.94. The summed E-state index contributed by atoms with van der Waals surface area (Å²) in [5.74, 6) is 0. The molecule has 0 bridgehead atoms. The van der Waals surface area contributed by atoms with Gasteiger partial charge in [-0.1, -0.05) is 57.2 Å². The van der Waals surface area contributed by atoms with Crippen LogP contribution in [-0.2, 0) is 0 Å². The zero-order chi connectivity index (χ0) is 14.4. The Balaban J connectivity index is 2.01. The summed E-state index contributed by atoms with van der Waals surface area (Å²) < 4.78 is 0. The van der Waals surface area contributed by atoms with E-state index in [9.17, 15) is 0 Å². The number of aryl methyl sites for hydroxylation is 1. The highest BCUT2D eigenvalue weighted by Crippen LogP contribution is 2.22. The van der Waals surface area contributed by atoms with Crippen molar-refractivity contribution in [1.29, 1.82) is 0 Å². The average Bonchev–Trinajstić information content (AvgIpc) is 2.47. The predicted octanol–water partition coefficient (Wildman–Crippen LogP) is 4.90. The Bertz CT molecular complexity index is 548. The van der Waals surface area contributed by atoms with Crippen LogP contribution in [0.2, 0.25) is 0 Å². The van der Waals surface area contributed by atoms with Crippen LogP contribution >= 0.6 is 0 Å². The lowest BCUT2D eigenvalue weighted by Crippen LogP contribution is -2.12. The molecular weight excluding hydrogens is 244 g/mol. The van der Waals surface area contributed by atoms with Crippen molar-refractivity contribution in [1.82, 2.24) is 4.98 Å². The van der Waals surface area contributed by atoms with Crippen LogP contribution in [0.15, 0.2) is 30.3 Å². The second kappa shape index (κ2) is 7.39. The second-order valence-corrected chi connectivity index (χ2v) is 5.69. The van der Waals surface area contributed by atoms with E-state index >= 15 is 0 Å². The first kappa shape index (κ1) is 15.0. The standard InChI is InChI=1S/C18H26N2/c1-3-4-5-6-7-11-16(19)18-13-14(2)15-10-8-9-12-17(15)20-18/h8-10,12-13,16H,3-7,11,19H2,1-2H3. The Hall–Kier alpha value is -1.41. The third kappa shape index (κ3) is 3.80. The van der Waals surface area contributed by atoms with Crippen LogP contribution in [0.3, 0.4) is 0 Å². The summed E-state index contributed by atoms with van der Waals surface area (Å²) in [4.78, 5) is 4.73. The molecule has 0 amide bonds. The fourth-order valence-corrected chi connectivity index (χ4v) is 2.68. The first-order valence-corrected chi connectivity index (χ1v) is 7.84. The summed E-state index contributed by atoms with van der Waals surface area (Å²) in [6.45, 7) is 4.38. The van der Waals surface area contributed by atoms with Crippen molar-refractivity contribution in [2.24, 2.45) is 5.73 Å². The minimum atomic E-state index is 0.0694. The van der Waals surface area contributed by atoms with Gasteiger partial charge in [0.25, 0.3) is 0 Å². The molecule has 1 aromatic carbocycles. The largest absolute Gasteiger partial charge is 0.323 e. The summed E-state index contributed by atoms with van der Waals surface area (Å²) in [7, 11) is 0. The number of rotatable bonds is 7. The molecule has 1 heterocycles. The van der Waals surface area contributed by atoms with E-state index in [2.05, 4.69) is 38.1 Å². The monoisotopic (exact) mass is 270 g/mol. The van der Waals surface area contributed by atoms with Crippen LogP contribution in [0.25, 0.3) is 10.9 Å². The minimum Gasteiger partial charge on any atom is -0.323 e. The molecule has 20 heavy (non-hydrogen) atoms. The molecule has 1 unspecified atom stereocenters. The van der Waals surface area contributed by atoms with Gasteiger partial charge in [0.15, 0.2) is 0 Å². The Kier molecular flexibility index (Phi) is 5.54. The molecule has 0 spiro atoms. The predicted molar refractivity (Wildman–Crippen MR) is 86.8 cm³/mol. The molecule has 0 saturated carbocycles. The third-order valence-electron chi connectivity index (χ3n) is 3.94. The maximum Gasteiger partial charge on any atom is 0.0708 e. The number of hydrogen-bond donors (Lipinski definition) is 1. The number of unbranched alkanes of at least 4 members (excludes halogenated alkanes) is 4. The molecule has 0 radical (unpaired) electrons. The van der Waals surface area contributed by atoms with Crippen molar-refractivity contribution in [3.63, 3.8) is 0 Å². The molecule has 0 aliphatic heterocycles. The van der Waals surface area contributed by atoms with Crippen LogP contribution in [0, 0.1) is 6.92 Å². The van der Waals surface area contributed by atoms with Crippen LogP contribution in [0.5, 0.6) is 0 Å². The molecule has 1 atom stereocenters. The van der Waals surface area contributed by atoms with Gasteiger partial charge in [0, 0.05) is 11.4 Å². The lowest BCUT2D eigenvalue weighted by molar-refractivity contribution is 0.549. The molecule has 0 aliphatic carbocycles. The highest BCUT2D eigenvalue weighted by Gasteiger charge is 2.09. The molecule has 0 saturated heterocycles. The highest BCUT2D eigenvalue weighted by molar-refractivity contribution is 5.82. The Morgan fingerprint density at radius 3 is 2.65 bits per heavy atom. The number of benzene rings is 1. The topological polar surface area (TPSA) is 38.9 Å². The van der Waals surface area contributed by atoms with E-state index in [1.165, 1.54) is 43.1 Å². The van der Waals surface area contributed by atoms with E-state index in [0.29, 0.717) is 0 Å². The smallest absolute Gasteiger partial charge is 0.0708 e. The summed E-state index contributed by atoms with van der Waals surface area (Å²) in [5.41, 5.74) is 9.68. The van der Waals surface area contributed by atoms with Crippen LogP contribution in [-0.4, -0.2) is 4.98 Å². The van der Waals surface area contributed by atoms with Gasteiger partial charge in [-0.2, -0.15) is 0 Å². The van der Waals surface area contributed by atoms with Gasteiger partial charge in [-0.3, -0.25) is 4.98 Å². The molecule has 108 valence electrons. The van der Waals surface area contributed by atoms with E-state index in [0.717, 1.165) is 17.6 Å². The Labute approximate surface area is 122 Å². The number of pyridine rings is 1. The quantitative estimate of drug-likeness (QED) is 0.726. The second-order valence-electron chi connectivity index (χ2n) is 5.69. The minimum absolute atomic E-state index is 0.0694. The fourth-order valence-electron chi connectivity index (χ4n) is 2.68. The number of fused-ring (bicyclic) bond motifs is 1. The van der Waals surface area contributed by atoms with E-state index < -0.39 is 0 Å². The van der Waals surface area contributed by atoms with Gasteiger partial charge >= 0.3 is 0 Å². The first-order chi connectivity index (χ1) is 9.72. The van der Waals surface area contributed by atoms with E-state index in [4.69, 9.17) is 10.7 Å². The van der Waals surface area contributed by atoms with Crippen LogP contribution in [0.4, 0.5) is 0 Å². The van der Waals surface area contributed by atoms with E-state index in [1.807, 2.05) is 6.07 Å². The molecule has 2 N–H and O–H groups in total. The summed E-state index contributed by atoms with van der Waals surface area (Å²) >= 11 is 0. The fraction of sp³-hybridized carbons (Fsp3) is 0.500. The summed E-state index contributed by atoms with van der Waals surface area (Å²) in [6, 6.07) is 10.5. The SMILES string of the molecule is CCCCCCCC(N)c1cc(C)c2ccccc2n1. The number of para-hydroxylation sites is 1. The zero-order valence-corrected chi connectivity index (χ0v) is 12.7. The van der Waals surface area contributed by atoms with Crippen molar-refractivity contribution in [2.75, 3.05) is 0 Å². The first-order valence-electron chi connectivity index (χ1n) is 7.84. The molecule has 2 rings (SSSR count). The average molecular weight is 270 g/mol. The molecule has 2 heteroatoms. The molecule has 2 nitrogen and oxygen atoms in total. The van der Waals surface area contributed by atoms with Gasteiger partial charge in [-0.05, 0) is 31.0 Å². The Morgan fingerprint density at radius 1 is 1.10 bits per heavy atom. The van der Waals surface area contributed by atoms with E-state index in [1.54, 1.807) is 0 Å². The molecule has 2 aromatic rings. The van der Waals surface area contributed by atoms with Gasteiger partial charge in [0.2, 0.25) is 0 Å². The molecule has 0 fully saturated rings. The maximum atomic E-state index is 6.31. The van der Waals surface area contributed by atoms with Crippen molar-refractivity contribution in [3.8, 4) is 0 Å². The molecule has 1 aromatic heterocycles. The van der Waals surface area contributed by atoms with Crippen molar-refractivity contribution >= 4 is 10.9 Å². The number of aromatic nitrogens is 1. The van der Waals surface area contributed by atoms with Gasteiger partial charge in [-0.15, -0.1) is 0 Å².